The van der Waals surface area contributed by atoms with Crippen LogP contribution in [0.5, 0.6) is 0 Å². The van der Waals surface area contributed by atoms with E-state index in [1.807, 2.05) is 36.4 Å². The fourth-order valence-corrected chi connectivity index (χ4v) is 3.60. The van der Waals surface area contributed by atoms with Gasteiger partial charge in [-0.15, -0.1) is 0 Å². The van der Waals surface area contributed by atoms with Crippen LogP contribution in [0, 0.1) is 0 Å². The van der Waals surface area contributed by atoms with Crippen LogP contribution in [0.3, 0.4) is 0 Å². The lowest BCUT2D eigenvalue weighted by Gasteiger charge is -2.12. The lowest BCUT2D eigenvalue weighted by atomic mass is 10.0. The van der Waals surface area contributed by atoms with Crippen molar-refractivity contribution in [2.45, 2.75) is 6.54 Å². The van der Waals surface area contributed by atoms with Gasteiger partial charge in [0.2, 0.25) is 6.41 Å². The van der Waals surface area contributed by atoms with Crippen LogP contribution in [0.15, 0.2) is 53.5 Å². The summed E-state index contributed by atoms with van der Waals surface area (Å²) in [7, 11) is 5.10. The SMILES string of the molecule is COCCn1c(=O)n(C)c2cnc3ccc(-c4ccc(N(C)C=O)cc4)cc3c21. The Balaban J connectivity index is 1.90. The number of ether oxygens (including phenoxy) is 1. The molecule has 1 amide bonds. The summed E-state index contributed by atoms with van der Waals surface area (Å²) in [5, 5.41) is 0.919. The number of fused-ring (bicyclic) bond motifs is 3. The van der Waals surface area contributed by atoms with Crippen LogP contribution in [0.4, 0.5) is 5.69 Å². The molecule has 0 spiro atoms. The van der Waals surface area contributed by atoms with Crippen molar-refractivity contribution >= 4 is 34.0 Å². The summed E-state index contributed by atoms with van der Waals surface area (Å²) in [5.74, 6) is 0. The van der Waals surface area contributed by atoms with E-state index in [9.17, 15) is 9.59 Å². The highest BCUT2D eigenvalue weighted by Gasteiger charge is 2.15. The van der Waals surface area contributed by atoms with Crippen LogP contribution < -0.4 is 10.6 Å². The van der Waals surface area contributed by atoms with Gasteiger partial charge in [0.05, 0.1) is 35.9 Å². The number of rotatable bonds is 6. The van der Waals surface area contributed by atoms with Gasteiger partial charge in [-0.25, -0.2) is 4.79 Å². The van der Waals surface area contributed by atoms with Gasteiger partial charge in [0.15, 0.2) is 0 Å². The third-order valence-corrected chi connectivity index (χ3v) is 5.25. The van der Waals surface area contributed by atoms with E-state index in [-0.39, 0.29) is 5.69 Å². The molecule has 0 fully saturated rings. The standard InChI is InChI=1S/C22H22N4O3/c1-24(14-27)17-7-4-15(5-8-17)16-6-9-19-18(12-16)21-20(13-23-19)25(2)22(28)26(21)10-11-29-3/h4-9,12-14H,10-11H2,1-3H3. The predicted octanol–water partition coefficient (Wildman–Crippen LogP) is 2.79. The Morgan fingerprint density at radius 3 is 2.55 bits per heavy atom. The highest BCUT2D eigenvalue weighted by Crippen LogP contribution is 2.29. The lowest BCUT2D eigenvalue weighted by molar-refractivity contribution is -0.107. The molecule has 0 bridgehead atoms. The smallest absolute Gasteiger partial charge is 0.328 e. The van der Waals surface area contributed by atoms with Crippen LogP contribution in [0.1, 0.15) is 0 Å². The van der Waals surface area contributed by atoms with Gasteiger partial charge in [0.25, 0.3) is 0 Å². The molecule has 2 aromatic heterocycles. The average Bonchev–Trinajstić information content (AvgIpc) is 3.01. The second-order valence-corrected chi connectivity index (χ2v) is 6.97. The summed E-state index contributed by atoms with van der Waals surface area (Å²) in [6, 6.07) is 13.8. The number of methoxy groups -OCH3 is 1. The van der Waals surface area contributed by atoms with Crippen molar-refractivity contribution in [2.75, 3.05) is 25.7 Å². The number of hydrogen-bond acceptors (Lipinski definition) is 4. The Morgan fingerprint density at radius 2 is 1.86 bits per heavy atom. The Hall–Kier alpha value is -3.45. The van der Waals surface area contributed by atoms with Gasteiger partial charge in [-0.2, -0.15) is 0 Å². The van der Waals surface area contributed by atoms with Crippen molar-refractivity contribution in [3.8, 4) is 11.1 Å². The molecule has 0 saturated heterocycles. The molecule has 0 aliphatic rings. The van der Waals surface area contributed by atoms with E-state index in [1.165, 1.54) is 4.90 Å². The molecule has 7 heteroatoms. The molecule has 0 unspecified atom stereocenters. The second kappa shape index (κ2) is 7.52. The minimum atomic E-state index is -0.0852. The summed E-state index contributed by atoms with van der Waals surface area (Å²) in [4.78, 5) is 29.7. The predicted molar refractivity (Wildman–Crippen MR) is 114 cm³/mol. The van der Waals surface area contributed by atoms with Crippen LogP contribution in [-0.2, 0) is 23.1 Å². The number of amides is 1. The first-order valence-electron chi connectivity index (χ1n) is 9.30. The first-order chi connectivity index (χ1) is 14.0. The van der Waals surface area contributed by atoms with Gasteiger partial charge in [-0.3, -0.25) is 18.9 Å². The van der Waals surface area contributed by atoms with Gasteiger partial charge in [0, 0.05) is 32.3 Å². The van der Waals surface area contributed by atoms with E-state index in [0.717, 1.165) is 45.2 Å². The highest BCUT2D eigenvalue weighted by atomic mass is 16.5. The molecule has 148 valence electrons. The number of carbonyl (C=O) groups excluding carboxylic acids is 1. The topological polar surface area (TPSA) is 69.4 Å². The van der Waals surface area contributed by atoms with E-state index in [2.05, 4.69) is 11.1 Å². The zero-order valence-corrected chi connectivity index (χ0v) is 16.6. The van der Waals surface area contributed by atoms with E-state index < -0.39 is 0 Å². The van der Waals surface area contributed by atoms with Crippen molar-refractivity contribution in [1.29, 1.82) is 0 Å². The Kier molecular flexibility index (Phi) is 4.90. The van der Waals surface area contributed by atoms with Crippen molar-refractivity contribution in [1.82, 2.24) is 14.1 Å². The molecule has 0 saturated carbocycles. The third-order valence-electron chi connectivity index (χ3n) is 5.25. The first kappa shape index (κ1) is 18.9. The molecule has 0 N–H and O–H groups in total. The molecule has 4 rings (SSSR count). The summed E-state index contributed by atoms with van der Waals surface area (Å²) in [5.41, 5.74) is 5.26. The van der Waals surface area contributed by atoms with E-state index >= 15 is 0 Å². The normalized spacial score (nSPS) is 11.3. The van der Waals surface area contributed by atoms with Gasteiger partial charge in [0.1, 0.15) is 0 Å². The molecule has 29 heavy (non-hydrogen) atoms. The molecular weight excluding hydrogens is 368 g/mol. The molecule has 2 heterocycles. The van der Waals surface area contributed by atoms with Gasteiger partial charge < -0.3 is 9.64 Å². The van der Waals surface area contributed by atoms with E-state index in [4.69, 9.17) is 4.74 Å². The molecule has 0 aliphatic carbocycles. The van der Waals surface area contributed by atoms with Crippen molar-refractivity contribution in [3.05, 3.63) is 59.1 Å². The van der Waals surface area contributed by atoms with Gasteiger partial charge in [-0.05, 0) is 35.4 Å². The number of anilines is 1. The van der Waals surface area contributed by atoms with Crippen LogP contribution >= 0.6 is 0 Å². The molecule has 0 radical (unpaired) electrons. The molecule has 0 atom stereocenters. The minimum absolute atomic E-state index is 0.0852. The molecule has 0 aliphatic heterocycles. The summed E-state index contributed by atoms with van der Waals surface area (Å²) >= 11 is 0. The van der Waals surface area contributed by atoms with Crippen molar-refractivity contribution < 1.29 is 9.53 Å². The fourth-order valence-electron chi connectivity index (χ4n) is 3.60. The van der Waals surface area contributed by atoms with Crippen LogP contribution in [0.25, 0.3) is 33.1 Å². The number of hydrogen-bond donors (Lipinski definition) is 0. The van der Waals surface area contributed by atoms with Crippen LogP contribution in [-0.4, -0.2) is 41.3 Å². The van der Waals surface area contributed by atoms with Gasteiger partial charge in [-0.1, -0.05) is 18.2 Å². The second-order valence-electron chi connectivity index (χ2n) is 6.97. The van der Waals surface area contributed by atoms with Crippen molar-refractivity contribution in [3.63, 3.8) is 0 Å². The van der Waals surface area contributed by atoms with Gasteiger partial charge >= 0.3 is 5.69 Å². The van der Waals surface area contributed by atoms with Crippen molar-refractivity contribution in [2.24, 2.45) is 7.05 Å². The minimum Gasteiger partial charge on any atom is -0.383 e. The third kappa shape index (κ3) is 3.19. The molecule has 7 nitrogen and oxygen atoms in total. The van der Waals surface area contributed by atoms with Crippen LogP contribution in [0.2, 0.25) is 0 Å². The number of benzene rings is 2. The fraction of sp³-hybridized carbons (Fsp3) is 0.227. The Labute approximate surface area is 167 Å². The molecule has 2 aromatic carbocycles. The maximum atomic E-state index is 12.7. The molecule has 4 aromatic rings. The Bertz CT molecular complexity index is 1260. The number of nitrogens with zero attached hydrogens (tertiary/aromatic N) is 4. The molecular formula is C22H22N4O3. The maximum Gasteiger partial charge on any atom is 0.328 e. The van der Waals surface area contributed by atoms with E-state index in [0.29, 0.717) is 13.2 Å². The summed E-state index contributed by atoms with van der Waals surface area (Å²) < 4.78 is 8.55. The first-order valence-corrected chi connectivity index (χ1v) is 9.30. The quantitative estimate of drug-likeness (QED) is 0.475. The largest absolute Gasteiger partial charge is 0.383 e. The number of pyridine rings is 1. The number of imidazole rings is 1. The number of aromatic nitrogens is 3. The number of aryl methyl sites for hydroxylation is 1. The summed E-state index contributed by atoms with van der Waals surface area (Å²) in [6.07, 6.45) is 2.52. The zero-order valence-electron chi connectivity index (χ0n) is 16.6. The zero-order chi connectivity index (χ0) is 20.5. The summed E-state index contributed by atoms with van der Waals surface area (Å²) in [6.45, 7) is 0.928. The van der Waals surface area contributed by atoms with E-state index in [1.54, 1.807) is 36.5 Å². The number of carbonyl (C=O) groups is 1. The maximum absolute atomic E-state index is 12.7. The lowest BCUT2D eigenvalue weighted by Crippen LogP contribution is -2.23. The highest BCUT2D eigenvalue weighted by molar-refractivity contribution is 6.04. The monoisotopic (exact) mass is 390 g/mol. The Morgan fingerprint density at radius 1 is 1.14 bits per heavy atom. The average molecular weight is 390 g/mol.